The average Bonchev–Trinajstić information content (AvgIpc) is 2.94. The Bertz CT molecular complexity index is 460. The molecule has 1 aromatic heterocycles. The molecule has 0 saturated heterocycles. The lowest BCUT2D eigenvalue weighted by atomic mass is 10.1. The largest absolute Gasteiger partial charge is 0.444 e. The van der Waals surface area contributed by atoms with Gasteiger partial charge in [-0.2, -0.15) is 0 Å². The van der Waals surface area contributed by atoms with Crippen molar-refractivity contribution in [2.75, 3.05) is 13.1 Å². The highest BCUT2D eigenvalue weighted by atomic mass is 79.9. The van der Waals surface area contributed by atoms with Crippen LogP contribution in [0.2, 0.25) is 0 Å². The minimum atomic E-state index is -0.392. The Balaban J connectivity index is 2.01. The van der Waals surface area contributed by atoms with E-state index < -0.39 is 5.91 Å². The van der Waals surface area contributed by atoms with E-state index in [-0.39, 0.29) is 18.2 Å². The summed E-state index contributed by atoms with van der Waals surface area (Å²) < 4.78 is 5.59. The average molecular weight is 373 g/mol. The van der Waals surface area contributed by atoms with Gasteiger partial charge in [0.2, 0.25) is 5.91 Å². The zero-order valence-electron chi connectivity index (χ0n) is 13.1. The lowest BCUT2D eigenvalue weighted by Crippen LogP contribution is -2.37. The van der Waals surface area contributed by atoms with E-state index >= 15 is 0 Å². The molecule has 2 amide bonds. The molecule has 6 heteroatoms. The summed E-state index contributed by atoms with van der Waals surface area (Å²) in [6, 6.07) is 3.19. The zero-order valence-corrected chi connectivity index (χ0v) is 14.7. The van der Waals surface area contributed by atoms with Crippen LogP contribution in [0.15, 0.2) is 21.2 Å². The number of furan rings is 1. The molecule has 0 fully saturated rings. The van der Waals surface area contributed by atoms with Crippen LogP contribution in [0, 0.1) is 0 Å². The molecule has 0 aliphatic heterocycles. The summed E-state index contributed by atoms with van der Waals surface area (Å²) in [5, 5.41) is 5.32. The molecule has 124 valence electrons. The van der Waals surface area contributed by atoms with Crippen molar-refractivity contribution < 1.29 is 14.0 Å². The normalized spacial score (nSPS) is 10.5. The van der Waals surface area contributed by atoms with Crippen molar-refractivity contribution in [1.82, 2.24) is 10.6 Å². The predicted octanol–water partition coefficient (Wildman–Crippen LogP) is 3.64. The highest BCUT2D eigenvalue weighted by molar-refractivity contribution is 9.10. The Hall–Kier alpha value is -1.30. The highest BCUT2D eigenvalue weighted by Gasteiger charge is 2.11. The van der Waals surface area contributed by atoms with Crippen molar-refractivity contribution in [2.45, 2.75) is 51.9 Å². The Morgan fingerprint density at radius 1 is 1.05 bits per heavy atom. The van der Waals surface area contributed by atoms with Gasteiger partial charge in [0.15, 0.2) is 10.4 Å². The summed E-state index contributed by atoms with van der Waals surface area (Å²) in [5.41, 5.74) is 0. The first-order valence-electron chi connectivity index (χ1n) is 7.93. The minimum absolute atomic E-state index is 0.0341. The standard InChI is InChI=1S/C16H25BrN2O3/c1-2-3-4-5-6-7-8-11-18-15(20)12-19-16(21)13-9-10-14(17)22-13/h9-10H,2-8,11-12H2,1H3,(H,18,20)(H,19,21). The molecular weight excluding hydrogens is 348 g/mol. The molecule has 0 saturated carbocycles. The quantitative estimate of drug-likeness (QED) is 0.582. The molecule has 0 aromatic carbocycles. The van der Waals surface area contributed by atoms with Gasteiger partial charge in [0.05, 0.1) is 6.54 Å². The summed E-state index contributed by atoms with van der Waals surface area (Å²) in [6.07, 6.45) is 8.49. The molecule has 1 heterocycles. The van der Waals surface area contributed by atoms with Gasteiger partial charge < -0.3 is 15.1 Å². The van der Waals surface area contributed by atoms with Crippen molar-refractivity contribution >= 4 is 27.7 Å². The smallest absolute Gasteiger partial charge is 0.287 e. The second-order valence-corrected chi connectivity index (χ2v) is 6.04. The van der Waals surface area contributed by atoms with Gasteiger partial charge in [-0.3, -0.25) is 9.59 Å². The van der Waals surface area contributed by atoms with Crippen molar-refractivity contribution in [3.05, 3.63) is 22.6 Å². The number of amides is 2. The predicted molar refractivity (Wildman–Crippen MR) is 89.7 cm³/mol. The van der Waals surface area contributed by atoms with E-state index in [4.69, 9.17) is 4.42 Å². The molecule has 0 spiro atoms. The van der Waals surface area contributed by atoms with E-state index in [2.05, 4.69) is 33.5 Å². The maximum atomic E-state index is 11.7. The number of carbonyl (C=O) groups is 2. The molecule has 0 atom stereocenters. The van der Waals surface area contributed by atoms with Gasteiger partial charge in [-0.05, 0) is 34.5 Å². The lowest BCUT2D eigenvalue weighted by Gasteiger charge is -2.06. The van der Waals surface area contributed by atoms with Gasteiger partial charge >= 0.3 is 0 Å². The van der Waals surface area contributed by atoms with E-state index in [1.165, 1.54) is 32.1 Å². The van der Waals surface area contributed by atoms with Gasteiger partial charge in [0.1, 0.15) is 0 Å². The zero-order chi connectivity index (χ0) is 16.2. The number of hydrogen-bond acceptors (Lipinski definition) is 3. The Morgan fingerprint density at radius 2 is 1.73 bits per heavy atom. The van der Waals surface area contributed by atoms with Crippen LogP contribution in [0.1, 0.15) is 62.4 Å². The number of nitrogens with one attached hydrogen (secondary N) is 2. The first-order valence-corrected chi connectivity index (χ1v) is 8.73. The number of carbonyl (C=O) groups excluding carboxylic acids is 2. The molecular formula is C16H25BrN2O3. The molecule has 0 radical (unpaired) electrons. The highest BCUT2D eigenvalue weighted by Crippen LogP contribution is 2.13. The monoisotopic (exact) mass is 372 g/mol. The molecule has 0 unspecified atom stereocenters. The fraction of sp³-hybridized carbons (Fsp3) is 0.625. The first kappa shape index (κ1) is 18.7. The molecule has 0 aliphatic carbocycles. The Morgan fingerprint density at radius 3 is 2.36 bits per heavy atom. The van der Waals surface area contributed by atoms with Crippen LogP contribution >= 0.6 is 15.9 Å². The summed E-state index contributed by atoms with van der Waals surface area (Å²) in [5.74, 6) is -0.381. The second kappa shape index (κ2) is 11.3. The van der Waals surface area contributed by atoms with Crippen molar-refractivity contribution in [3.8, 4) is 0 Å². The third-order valence-corrected chi connectivity index (χ3v) is 3.74. The van der Waals surface area contributed by atoms with Crippen LogP contribution in [0.5, 0.6) is 0 Å². The van der Waals surface area contributed by atoms with Crippen molar-refractivity contribution in [2.24, 2.45) is 0 Å². The van der Waals surface area contributed by atoms with Gasteiger partial charge in [-0.1, -0.05) is 45.4 Å². The van der Waals surface area contributed by atoms with Crippen LogP contribution in [-0.4, -0.2) is 24.9 Å². The van der Waals surface area contributed by atoms with Crippen LogP contribution in [-0.2, 0) is 4.79 Å². The maximum absolute atomic E-state index is 11.7. The van der Waals surface area contributed by atoms with Gasteiger partial charge in [-0.25, -0.2) is 0 Å². The topological polar surface area (TPSA) is 71.3 Å². The van der Waals surface area contributed by atoms with E-state index in [0.29, 0.717) is 11.2 Å². The number of rotatable bonds is 11. The molecule has 1 rings (SSSR count). The first-order chi connectivity index (χ1) is 10.6. The Labute approximate surface area is 140 Å². The van der Waals surface area contributed by atoms with E-state index in [0.717, 1.165) is 12.8 Å². The molecule has 5 nitrogen and oxygen atoms in total. The van der Waals surface area contributed by atoms with Crippen LogP contribution < -0.4 is 10.6 Å². The third kappa shape index (κ3) is 8.22. The molecule has 22 heavy (non-hydrogen) atoms. The third-order valence-electron chi connectivity index (χ3n) is 3.31. The molecule has 1 aromatic rings. The number of hydrogen-bond donors (Lipinski definition) is 2. The van der Waals surface area contributed by atoms with Crippen LogP contribution in [0.3, 0.4) is 0 Å². The van der Waals surface area contributed by atoms with Crippen LogP contribution in [0.25, 0.3) is 0 Å². The lowest BCUT2D eigenvalue weighted by molar-refractivity contribution is -0.120. The Kier molecular flexibility index (Phi) is 9.62. The fourth-order valence-electron chi connectivity index (χ4n) is 2.06. The minimum Gasteiger partial charge on any atom is -0.444 e. The SMILES string of the molecule is CCCCCCCCCNC(=O)CNC(=O)c1ccc(Br)o1. The van der Waals surface area contributed by atoms with E-state index in [1.54, 1.807) is 12.1 Å². The summed E-state index contributed by atoms with van der Waals surface area (Å²) >= 11 is 3.12. The van der Waals surface area contributed by atoms with Gasteiger partial charge in [0, 0.05) is 6.54 Å². The summed E-state index contributed by atoms with van der Waals surface area (Å²) in [4.78, 5) is 23.3. The van der Waals surface area contributed by atoms with Gasteiger partial charge in [0.25, 0.3) is 5.91 Å². The maximum Gasteiger partial charge on any atom is 0.287 e. The molecule has 0 bridgehead atoms. The number of unbranched alkanes of at least 4 members (excludes halogenated alkanes) is 6. The number of halogens is 1. The molecule has 0 aliphatic rings. The van der Waals surface area contributed by atoms with Crippen molar-refractivity contribution in [1.29, 1.82) is 0 Å². The van der Waals surface area contributed by atoms with Gasteiger partial charge in [-0.15, -0.1) is 0 Å². The van der Waals surface area contributed by atoms with E-state index in [1.807, 2.05) is 0 Å². The van der Waals surface area contributed by atoms with Crippen LogP contribution in [0.4, 0.5) is 0 Å². The fourth-order valence-corrected chi connectivity index (χ4v) is 2.36. The summed E-state index contributed by atoms with van der Waals surface area (Å²) in [7, 11) is 0. The summed E-state index contributed by atoms with van der Waals surface area (Å²) in [6.45, 7) is 2.83. The van der Waals surface area contributed by atoms with Crippen molar-refractivity contribution in [3.63, 3.8) is 0 Å². The molecule has 2 N–H and O–H groups in total. The van der Waals surface area contributed by atoms with E-state index in [9.17, 15) is 9.59 Å². The second-order valence-electron chi connectivity index (χ2n) is 5.26.